The van der Waals surface area contributed by atoms with Crippen LogP contribution in [0.5, 0.6) is 0 Å². The van der Waals surface area contributed by atoms with Crippen molar-refractivity contribution in [2.45, 2.75) is 65.8 Å². The van der Waals surface area contributed by atoms with E-state index in [-0.39, 0.29) is 0 Å². The monoisotopic (exact) mass is 281 g/mol. The fourth-order valence-corrected chi connectivity index (χ4v) is 2.14. The van der Waals surface area contributed by atoms with Crippen molar-refractivity contribution in [2.75, 3.05) is 6.26 Å². The van der Waals surface area contributed by atoms with E-state index in [0.29, 0.717) is 0 Å². The number of hydrogen-bond acceptors (Lipinski definition) is 2. The summed E-state index contributed by atoms with van der Waals surface area (Å²) in [4.78, 5) is 0. The summed E-state index contributed by atoms with van der Waals surface area (Å²) < 4.78 is 3.21. The topological polar surface area (TPSA) is 12.0 Å². The summed E-state index contributed by atoms with van der Waals surface area (Å²) in [5, 5.41) is 0. The average Bonchev–Trinajstić information content (AvgIpc) is 2.42. The lowest BCUT2D eigenvalue weighted by Crippen LogP contribution is -2.01. The highest BCUT2D eigenvalue weighted by Gasteiger charge is 1.90. The molecule has 0 saturated heterocycles. The zero-order chi connectivity index (χ0) is 14.3. The lowest BCUT2D eigenvalue weighted by atomic mass is 10.1. The fraction of sp³-hybridized carbons (Fsp3) is 0.647. The van der Waals surface area contributed by atoms with Gasteiger partial charge in [-0.3, -0.25) is 4.72 Å². The van der Waals surface area contributed by atoms with Crippen molar-refractivity contribution in [3.8, 4) is 0 Å². The second-order valence-corrected chi connectivity index (χ2v) is 5.63. The summed E-state index contributed by atoms with van der Waals surface area (Å²) in [6, 6.07) is 8.54. The fourth-order valence-electron chi connectivity index (χ4n) is 1.83. The molecule has 19 heavy (non-hydrogen) atoms. The minimum Gasteiger partial charge on any atom is -0.260 e. The molecular weight excluding hydrogens is 250 g/mol. The summed E-state index contributed by atoms with van der Waals surface area (Å²) in [7, 11) is 0. The van der Waals surface area contributed by atoms with Crippen LogP contribution in [0.25, 0.3) is 0 Å². The molecule has 1 aromatic carbocycles. The van der Waals surface area contributed by atoms with E-state index in [1.54, 1.807) is 11.9 Å². The van der Waals surface area contributed by atoms with E-state index < -0.39 is 0 Å². The van der Waals surface area contributed by atoms with E-state index in [4.69, 9.17) is 0 Å². The van der Waals surface area contributed by atoms with Crippen molar-refractivity contribution in [3.05, 3.63) is 35.4 Å². The molecule has 0 aliphatic heterocycles. The molecule has 0 heterocycles. The van der Waals surface area contributed by atoms with E-state index >= 15 is 0 Å². The third-order valence-corrected chi connectivity index (χ3v) is 3.39. The van der Waals surface area contributed by atoms with Crippen LogP contribution in [0, 0.1) is 6.92 Å². The Bertz CT molecular complexity index is 293. The zero-order valence-electron chi connectivity index (χ0n) is 13.2. The van der Waals surface area contributed by atoms with Gasteiger partial charge in [0.15, 0.2) is 0 Å². The molecule has 1 N–H and O–H groups in total. The highest BCUT2D eigenvalue weighted by molar-refractivity contribution is 7.96. The van der Waals surface area contributed by atoms with Gasteiger partial charge in [-0.25, -0.2) is 0 Å². The van der Waals surface area contributed by atoms with Crippen molar-refractivity contribution in [3.63, 3.8) is 0 Å². The van der Waals surface area contributed by atoms with Crippen LogP contribution < -0.4 is 4.72 Å². The molecule has 0 radical (unpaired) electrons. The molecule has 1 rings (SSSR count). The predicted molar refractivity (Wildman–Crippen MR) is 90.6 cm³/mol. The first kappa shape index (κ1) is 18.5. The minimum atomic E-state index is 0.947. The third-order valence-electron chi connectivity index (χ3n) is 2.96. The molecule has 0 bridgehead atoms. The lowest BCUT2D eigenvalue weighted by Gasteiger charge is -2.01. The Morgan fingerprint density at radius 3 is 2.11 bits per heavy atom. The Morgan fingerprint density at radius 1 is 1.00 bits per heavy atom. The molecule has 110 valence electrons. The molecule has 0 aliphatic carbocycles. The van der Waals surface area contributed by atoms with Gasteiger partial charge in [-0.05, 0) is 18.7 Å². The summed E-state index contributed by atoms with van der Waals surface area (Å²) in [5.41, 5.74) is 2.67. The SMILES string of the molecule is CCCCCCCC.CSNCc1cccc(C)c1. The van der Waals surface area contributed by atoms with Gasteiger partial charge < -0.3 is 0 Å². The first-order chi connectivity index (χ1) is 9.24. The normalized spacial score (nSPS) is 9.89. The number of unbranched alkanes of at least 4 members (excludes halogenated alkanes) is 5. The maximum atomic E-state index is 3.21. The van der Waals surface area contributed by atoms with Crippen LogP contribution in [-0.4, -0.2) is 6.26 Å². The van der Waals surface area contributed by atoms with Crippen LogP contribution in [0.2, 0.25) is 0 Å². The molecule has 2 heteroatoms. The summed E-state index contributed by atoms with van der Waals surface area (Å²) in [6.45, 7) is 7.57. The molecule has 1 nitrogen and oxygen atoms in total. The molecule has 0 fully saturated rings. The Balaban J connectivity index is 0.000000362. The van der Waals surface area contributed by atoms with Crippen LogP contribution in [0.4, 0.5) is 0 Å². The van der Waals surface area contributed by atoms with E-state index in [1.807, 2.05) is 6.26 Å². The Labute approximate surface area is 124 Å². The van der Waals surface area contributed by atoms with Gasteiger partial charge in [0.2, 0.25) is 0 Å². The molecule has 0 amide bonds. The van der Waals surface area contributed by atoms with Crippen molar-refractivity contribution in [1.29, 1.82) is 0 Å². The number of aryl methyl sites for hydroxylation is 1. The largest absolute Gasteiger partial charge is 0.260 e. The highest BCUT2D eigenvalue weighted by Crippen LogP contribution is 2.04. The second-order valence-electron chi connectivity index (χ2n) is 4.93. The van der Waals surface area contributed by atoms with Gasteiger partial charge in [-0.1, -0.05) is 94.1 Å². The third kappa shape index (κ3) is 12.3. The van der Waals surface area contributed by atoms with Crippen LogP contribution in [0.1, 0.15) is 63.5 Å². The number of hydrogen-bond donors (Lipinski definition) is 1. The number of nitrogens with one attached hydrogen (secondary N) is 1. The highest BCUT2D eigenvalue weighted by atomic mass is 32.2. The van der Waals surface area contributed by atoms with Gasteiger partial charge in [0.25, 0.3) is 0 Å². The first-order valence-electron chi connectivity index (χ1n) is 7.56. The van der Waals surface area contributed by atoms with Crippen LogP contribution in [0.15, 0.2) is 24.3 Å². The van der Waals surface area contributed by atoms with Gasteiger partial charge in [0.05, 0.1) is 0 Å². The smallest absolute Gasteiger partial charge is 0.0309 e. The van der Waals surface area contributed by atoms with E-state index in [0.717, 1.165) is 6.54 Å². The van der Waals surface area contributed by atoms with Crippen LogP contribution in [0.3, 0.4) is 0 Å². The quantitative estimate of drug-likeness (QED) is 0.482. The minimum absolute atomic E-state index is 0.947. The van der Waals surface area contributed by atoms with Gasteiger partial charge in [0.1, 0.15) is 0 Å². The predicted octanol–water partition coefficient (Wildman–Crippen LogP) is 5.73. The lowest BCUT2D eigenvalue weighted by molar-refractivity contribution is 0.624. The Morgan fingerprint density at radius 2 is 1.63 bits per heavy atom. The maximum Gasteiger partial charge on any atom is 0.0309 e. The molecule has 1 aromatic rings. The number of benzene rings is 1. The van der Waals surface area contributed by atoms with Crippen molar-refractivity contribution < 1.29 is 0 Å². The second kappa shape index (κ2) is 14.0. The molecular formula is C17H31NS. The van der Waals surface area contributed by atoms with Gasteiger partial charge in [0, 0.05) is 6.54 Å². The van der Waals surface area contributed by atoms with Crippen molar-refractivity contribution in [1.82, 2.24) is 4.72 Å². The summed E-state index contributed by atoms with van der Waals surface area (Å²) >= 11 is 1.65. The van der Waals surface area contributed by atoms with Crippen molar-refractivity contribution >= 4 is 11.9 Å². The maximum absolute atomic E-state index is 3.21. The summed E-state index contributed by atoms with van der Waals surface area (Å²) in [6.07, 6.45) is 10.5. The molecule has 0 aliphatic rings. The molecule has 0 unspecified atom stereocenters. The first-order valence-corrected chi connectivity index (χ1v) is 8.78. The van der Waals surface area contributed by atoms with Gasteiger partial charge in [-0.2, -0.15) is 0 Å². The Kier molecular flexibility index (Phi) is 13.6. The van der Waals surface area contributed by atoms with Crippen LogP contribution >= 0.6 is 11.9 Å². The van der Waals surface area contributed by atoms with Gasteiger partial charge in [-0.15, -0.1) is 0 Å². The molecule has 0 aromatic heterocycles. The van der Waals surface area contributed by atoms with Crippen molar-refractivity contribution in [2.24, 2.45) is 0 Å². The zero-order valence-corrected chi connectivity index (χ0v) is 14.0. The molecule has 0 saturated carbocycles. The van der Waals surface area contributed by atoms with Gasteiger partial charge >= 0.3 is 0 Å². The standard InChI is InChI=1S/C9H13NS.C8H18/c1-8-4-3-5-9(6-8)7-10-11-2;1-3-5-7-8-6-4-2/h3-6,10H,7H2,1-2H3;3-8H2,1-2H3. The van der Waals surface area contributed by atoms with E-state index in [9.17, 15) is 0 Å². The summed E-state index contributed by atoms with van der Waals surface area (Å²) in [5.74, 6) is 0. The molecule has 0 atom stereocenters. The number of rotatable bonds is 8. The molecule has 0 spiro atoms. The van der Waals surface area contributed by atoms with E-state index in [2.05, 4.69) is 49.8 Å². The van der Waals surface area contributed by atoms with E-state index in [1.165, 1.54) is 49.7 Å². The van der Waals surface area contributed by atoms with Crippen LogP contribution in [-0.2, 0) is 6.54 Å². The Hall–Kier alpha value is -0.470. The average molecular weight is 282 g/mol.